The minimum atomic E-state index is -0.810. The van der Waals surface area contributed by atoms with Crippen molar-refractivity contribution in [1.82, 2.24) is 10.7 Å². The molecule has 2 amide bonds. The molecular weight excluding hydrogens is 426 g/mol. The Morgan fingerprint density at radius 2 is 1.84 bits per heavy atom. The third-order valence-corrected chi connectivity index (χ3v) is 5.69. The number of hydrazine groups is 1. The van der Waals surface area contributed by atoms with Crippen LogP contribution in [0.5, 0.6) is 5.75 Å². The van der Waals surface area contributed by atoms with Gasteiger partial charge in [-0.05, 0) is 55.5 Å². The number of amides is 2. The molecule has 3 aromatic rings. The largest absolute Gasteiger partial charge is 0.497 e. The highest BCUT2D eigenvalue weighted by molar-refractivity contribution is 6.32. The summed E-state index contributed by atoms with van der Waals surface area (Å²) in [6.07, 6.45) is 1.77. The lowest BCUT2D eigenvalue weighted by Gasteiger charge is -2.15. The van der Waals surface area contributed by atoms with E-state index in [0.717, 1.165) is 16.7 Å². The van der Waals surface area contributed by atoms with Crippen molar-refractivity contribution in [3.63, 3.8) is 0 Å². The smallest absolute Gasteiger partial charge is 0.304 e. The fraction of sp³-hybridized carbons (Fsp3) is 0.160. The minimum absolute atomic E-state index is 0.310. The Labute approximate surface area is 191 Å². The van der Waals surface area contributed by atoms with Crippen LogP contribution >= 0.6 is 11.6 Å². The van der Waals surface area contributed by atoms with Crippen LogP contribution in [0, 0.1) is 6.92 Å². The zero-order valence-corrected chi connectivity index (χ0v) is 18.5. The number of nitrogens with one attached hydrogen (secondary N) is 2. The Morgan fingerprint density at radius 1 is 1.09 bits per heavy atom. The number of aryl methyl sites for hydroxylation is 1. The van der Waals surface area contributed by atoms with Gasteiger partial charge >= 0.3 is 5.91 Å². The van der Waals surface area contributed by atoms with E-state index in [9.17, 15) is 9.59 Å². The molecule has 6 nitrogen and oxygen atoms in total. The first-order valence-corrected chi connectivity index (χ1v) is 10.5. The molecule has 1 saturated heterocycles. The van der Waals surface area contributed by atoms with Crippen molar-refractivity contribution in [3.05, 3.63) is 100 Å². The number of hydrogen-bond donors (Lipinski definition) is 2. The van der Waals surface area contributed by atoms with Crippen molar-refractivity contribution >= 4 is 29.6 Å². The molecule has 3 aromatic carbocycles. The predicted octanol–water partition coefficient (Wildman–Crippen LogP) is 3.67. The lowest BCUT2D eigenvalue weighted by molar-refractivity contribution is -0.596. The maximum atomic E-state index is 13.0. The number of carbonyl (C=O) groups excluding carboxylic acids is 2. The Morgan fingerprint density at radius 3 is 2.53 bits per heavy atom. The molecule has 1 fully saturated rings. The summed E-state index contributed by atoms with van der Waals surface area (Å²) in [6.45, 7) is 1.92. The number of carbonyl (C=O) groups is 2. The van der Waals surface area contributed by atoms with Crippen LogP contribution in [0.25, 0.3) is 0 Å². The Kier molecular flexibility index (Phi) is 6.23. The van der Waals surface area contributed by atoms with E-state index in [1.165, 1.54) is 0 Å². The van der Waals surface area contributed by atoms with E-state index in [4.69, 9.17) is 16.3 Å². The number of rotatable bonds is 5. The van der Waals surface area contributed by atoms with Crippen molar-refractivity contribution in [1.29, 1.82) is 0 Å². The van der Waals surface area contributed by atoms with Gasteiger partial charge in [0.05, 0.1) is 17.7 Å². The van der Waals surface area contributed by atoms with E-state index in [1.54, 1.807) is 36.2 Å². The van der Waals surface area contributed by atoms with Gasteiger partial charge in [-0.2, -0.15) is 0 Å². The van der Waals surface area contributed by atoms with Crippen LogP contribution in [-0.4, -0.2) is 35.9 Å². The molecule has 2 N–H and O–H groups in total. The molecule has 0 saturated carbocycles. The SMILES string of the molecule is COc1ccc([C@H]2[C@H](NC(=O)c3cccc(C)c3)C(=O)N/[N+]2=C\c2ccccc2Cl)cc1. The van der Waals surface area contributed by atoms with Gasteiger partial charge in [-0.15, -0.1) is 10.1 Å². The zero-order valence-electron chi connectivity index (χ0n) is 17.7. The Balaban J connectivity index is 1.72. The molecule has 0 radical (unpaired) electrons. The monoisotopic (exact) mass is 448 g/mol. The second-order valence-electron chi connectivity index (χ2n) is 7.57. The van der Waals surface area contributed by atoms with Gasteiger partial charge in [0.25, 0.3) is 5.91 Å². The molecule has 4 rings (SSSR count). The molecule has 0 aliphatic carbocycles. The van der Waals surface area contributed by atoms with Gasteiger partial charge in [0.1, 0.15) is 5.75 Å². The molecule has 0 aromatic heterocycles. The summed E-state index contributed by atoms with van der Waals surface area (Å²) < 4.78 is 6.95. The minimum Gasteiger partial charge on any atom is -0.497 e. The standard InChI is InChI=1S/C25H22ClN3O3/c1-16-6-5-8-18(14-16)24(30)27-22-23(17-10-12-20(32-2)13-11-17)29(28-25(22)31)15-19-7-3-4-9-21(19)26/h3-15,22-23H,1-2H3,(H-,27,28,30,31)/p+1/b29-15-/t22-,23-/m0/s1. The van der Waals surface area contributed by atoms with E-state index in [-0.39, 0.29) is 11.8 Å². The van der Waals surface area contributed by atoms with Gasteiger partial charge in [-0.25, -0.2) is 0 Å². The maximum Gasteiger partial charge on any atom is 0.304 e. The highest BCUT2D eigenvalue weighted by Gasteiger charge is 2.47. The van der Waals surface area contributed by atoms with Crippen LogP contribution < -0.4 is 15.5 Å². The molecule has 1 aliphatic heterocycles. The van der Waals surface area contributed by atoms with Crippen LogP contribution in [-0.2, 0) is 4.79 Å². The summed E-state index contributed by atoms with van der Waals surface area (Å²) in [5.74, 6) is 0.0788. The van der Waals surface area contributed by atoms with Gasteiger partial charge in [0, 0.05) is 11.1 Å². The first kappa shape index (κ1) is 21.6. The van der Waals surface area contributed by atoms with E-state index in [0.29, 0.717) is 16.3 Å². The summed E-state index contributed by atoms with van der Waals surface area (Å²) in [6, 6.07) is 20.7. The van der Waals surface area contributed by atoms with Crippen LogP contribution in [0.3, 0.4) is 0 Å². The van der Waals surface area contributed by atoms with Crippen LogP contribution in [0.4, 0.5) is 0 Å². The fourth-order valence-corrected chi connectivity index (χ4v) is 3.91. The van der Waals surface area contributed by atoms with Crippen molar-refractivity contribution in [2.45, 2.75) is 19.0 Å². The summed E-state index contributed by atoms with van der Waals surface area (Å²) in [4.78, 5) is 25.9. The highest BCUT2D eigenvalue weighted by atomic mass is 35.5. The van der Waals surface area contributed by atoms with Gasteiger partial charge in [-0.3, -0.25) is 9.59 Å². The lowest BCUT2D eigenvalue weighted by Crippen LogP contribution is -2.42. The van der Waals surface area contributed by atoms with Gasteiger partial charge in [0.2, 0.25) is 12.3 Å². The topological polar surface area (TPSA) is 70.4 Å². The van der Waals surface area contributed by atoms with E-state index < -0.39 is 12.1 Å². The van der Waals surface area contributed by atoms with Crippen molar-refractivity contribution in [2.24, 2.45) is 0 Å². The van der Waals surface area contributed by atoms with Gasteiger partial charge < -0.3 is 10.1 Å². The number of hydrazone groups is 1. The second kappa shape index (κ2) is 9.24. The maximum absolute atomic E-state index is 13.0. The predicted molar refractivity (Wildman–Crippen MR) is 123 cm³/mol. The van der Waals surface area contributed by atoms with Crippen molar-refractivity contribution < 1.29 is 19.0 Å². The Hall–Kier alpha value is -3.64. The molecule has 7 heteroatoms. The average molecular weight is 449 g/mol. The molecule has 0 unspecified atom stereocenters. The second-order valence-corrected chi connectivity index (χ2v) is 7.98. The number of halogens is 1. The van der Waals surface area contributed by atoms with Crippen molar-refractivity contribution in [2.75, 3.05) is 7.11 Å². The lowest BCUT2D eigenvalue weighted by atomic mass is 9.99. The summed E-state index contributed by atoms with van der Waals surface area (Å²) in [7, 11) is 1.60. The number of nitrogens with zero attached hydrogens (tertiary/aromatic N) is 1. The fourth-order valence-electron chi connectivity index (χ4n) is 3.72. The van der Waals surface area contributed by atoms with Crippen LogP contribution in [0.1, 0.15) is 33.1 Å². The normalized spacial score (nSPS) is 19.0. The summed E-state index contributed by atoms with van der Waals surface area (Å²) in [5, 5.41) is 3.46. The molecule has 0 spiro atoms. The van der Waals surface area contributed by atoms with Gasteiger partial charge in [0.15, 0.2) is 6.04 Å². The van der Waals surface area contributed by atoms with E-state index in [1.807, 2.05) is 61.5 Å². The molecule has 162 valence electrons. The third-order valence-electron chi connectivity index (χ3n) is 5.34. The molecule has 32 heavy (non-hydrogen) atoms. The quantitative estimate of drug-likeness (QED) is 0.585. The van der Waals surface area contributed by atoms with Crippen molar-refractivity contribution in [3.8, 4) is 5.75 Å². The number of hydrogen-bond acceptors (Lipinski definition) is 3. The van der Waals surface area contributed by atoms with Crippen LogP contribution in [0.2, 0.25) is 5.02 Å². The average Bonchev–Trinajstić information content (AvgIpc) is 3.10. The zero-order chi connectivity index (χ0) is 22.7. The molecule has 1 heterocycles. The molecule has 2 atom stereocenters. The summed E-state index contributed by atoms with van der Waals surface area (Å²) in [5.41, 5.74) is 5.91. The van der Waals surface area contributed by atoms with Gasteiger partial charge in [-0.1, -0.05) is 41.4 Å². The van der Waals surface area contributed by atoms with E-state index in [2.05, 4.69) is 10.7 Å². The Bertz CT molecular complexity index is 1190. The molecule has 1 aliphatic rings. The number of ether oxygens (including phenoxy) is 1. The molecular formula is C25H23ClN3O3+. The highest BCUT2D eigenvalue weighted by Crippen LogP contribution is 2.27. The first-order chi connectivity index (χ1) is 15.5. The third kappa shape index (κ3) is 4.50. The van der Waals surface area contributed by atoms with E-state index >= 15 is 0 Å². The van der Waals surface area contributed by atoms with Crippen LogP contribution in [0.15, 0.2) is 72.8 Å². The summed E-state index contributed by atoms with van der Waals surface area (Å²) >= 11 is 6.33. The first-order valence-electron chi connectivity index (χ1n) is 10.2. The number of benzene rings is 3. The number of methoxy groups -OCH3 is 1. The molecule has 0 bridgehead atoms.